The normalized spacial score (nSPS) is 11.7. The molecule has 102 valence electrons. The summed E-state index contributed by atoms with van der Waals surface area (Å²) in [5.74, 6) is -0.704. The van der Waals surface area contributed by atoms with Crippen LogP contribution < -0.4 is 5.32 Å². The van der Waals surface area contributed by atoms with Crippen molar-refractivity contribution >= 4 is 17.3 Å². The van der Waals surface area contributed by atoms with Crippen LogP contribution in [0.15, 0.2) is 11.4 Å². The van der Waals surface area contributed by atoms with Crippen molar-refractivity contribution in [1.82, 2.24) is 5.32 Å². The molecule has 1 heterocycles. The fraction of sp³-hybridized carbons (Fsp3) is 0.643. The molecule has 0 fully saturated rings. The quantitative estimate of drug-likeness (QED) is 0.713. The van der Waals surface area contributed by atoms with Gasteiger partial charge in [0, 0.05) is 23.3 Å². The largest absolute Gasteiger partial charge is 0.481 e. The van der Waals surface area contributed by atoms with Gasteiger partial charge in [-0.15, -0.1) is 11.3 Å². The van der Waals surface area contributed by atoms with Crippen LogP contribution in [0.3, 0.4) is 0 Å². The first-order chi connectivity index (χ1) is 8.43. The summed E-state index contributed by atoms with van der Waals surface area (Å²) in [4.78, 5) is 11.8. The highest BCUT2D eigenvalue weighted by atomic mass is 32.1. The van der Waals surface area contributed by atoms with Crippen molar-refractivity contribution < 1.29 is 9.90 Å². The number of carboxylic acid groups (broad SMARTS) is 1. The molecule has 0 aliphatic carbocycles. The molecule has 0 saturated carbocycles. The van der Waals surface area contributed by atoms with Crippen molar-refractivity contribution in [2.24, 2.45) is 0 Å². The van der Waals surface area contributed by atoms with Crippen LogP contribution in [0.1, 0.15) is 43.6 Å². The molecule has 0 saturated heterocycles. The Hall–Kier alpha value is -0.870. The van der Waals surface area contributed by atoms with E-state index in [2.05, 4.69) is 37.5 Å². The lowest BCUT2D eigenvalue weighted by molar-refractivity contribution is -0.137. The van der Waals surface area contributed by atoms with Crippen LogP contribution in [0.4, 0.5) is 0 Å². The molecule has 0 atom stereocenters. The monoisotopic (exact) mass is 269 g/mol. The highest BCUT2D eigenvalue weighted by molar-refractivity contribution is 7.10. The highest BCUT2D eigenvalue weighted by Gasteiger charge is 2.23. The first-order valence-corrected chi connectivity index (χ1v) is 7.28. The lowest BCUT2D eigenvalue weighted by Gasteiger charge is -2.25. The van der Waals surface area contributed by atoms with Gasteiger partial charge in [-0.05, 0) is 43.3 Å². The molecule has 0 aromatic carbocycles. The minimum absolute atomic E-state index is 0.144. The van der Waals surface area contributed by atoms with Gasteiger partial charge in [-0.1, -0.05) is 13.8 Å². The van der Waals surface area contributed by atoms with Gasteiger partial charge >= 0.3 is 5.97 Å². The number of aryl methyl sites for hydroxylation is 1. The number of hydrogen-bond acceptors (Lipinski definition) is 3. The molecule has 1 aromatic heterocycles. The summed E-state index contributed by atoms with van der Waals surface area (Å²) >= 11 is 1.81. The number of unbranched alkanes of at least 4 members (excludes halogenated alkanes) is 1. The molecular weight excluding hydrogens is 246 g/mol. The summed E-state index contributed by atoms with van der Waals surface area (Å²) in [6, 6.07) is 2.16. The van der Waals surface area contributed by atoms with Gasteiger partial charge in [0.25, 0.3) is 0 Å². The zero-order valence-electron chi connectivity index (χ0n) is 11.5. The number of hydrogen-bond donors (Lipinski definition) is 2. The van der Waals surface area contributed by atoms with Crippen molar-refractivity contribution in [1.29, 1.82) is 0 Å². The Balaban J connectivity index is 2.26. The minimum atomic E-state index is -0.704. The number of carboxylic acids is 1. The van der Waals surface area contributed by atoms with Gasteiger partial charge in [0.2, 0.25) is 0 Å². The van der Waals surface area contributed by atoms with Crippen LogP contribution in [-0.2, 0) is 10.2 Å². The van der Waals surface area contributed by atoms with Gasteiger partial charge in [0.15, 0.2) is 0 Å². The maximum Gasteiger partial charge on any atom is 0.303 e. The predicted octanol–water partition coefficient (Wildman–Crippen LogP) is 3.18. The molecule has 0 unspecified atom stereocenters. The first kappa shape index (κ1) is 15.2. The predicted molar refractivity (Wildman–Crippen MR) is 76.4 cm³/mol. The molecule has 1 rings (SSSR count). The van der Waals surface area contributed by atoms with Crippen molar-refractivity contribution in [3.63, 3.8) is 0 Å². The Morgan fingerprint density at radius 1 is 1.44 bits per heavy atom. The van der Waals surface area contributed by atoms with Gasteiger partial charge in [-0.25, -0.2) is 0 Å². The average molecular weight is 269 g/mol. The molecule has 2 N–H and O–H groups in total. The summed E-state index contributed by atoms with van der Waals surface area (Å²) in [5.41, 5.74) is 1.50. The third-order valence-corrected chi connectivity index (χ3v) is 4.42. The molecule has 0 bridgehead atoms. The molecule has 0 radical (unpaired) electrons. The van der Waals surface area contributed by atoms with Crippen molar-refractivity contribution in [3.8, 4) is 0 Å². The number of carbonyl (C=O) groups is 1. The molecule has 0 spiro atoms. The Morgan fingerprint density at radius 3 is 2.72 bits per heavy atom. The Labute approximate surface area is 113 Å². The fourth-order valence-corrected chi connectivity index (χ4v) is 3.13. The summed E-state index contributed by atoms with van der Waals surface area (Å²) in [5, 5.41) is 14.1. The van der Waals surface area contributed by atoms with Crippen LogP contribution in [0.25, 0.3) is 0 Å². The van der Waals surface area contributed by atoms with Crippen LogP contribution >= 0.6 is 11.3 Å². The zero-order valence-corrected chi connectivity index (χ0v) is 12.3. The molecule has 18 heavy (non-hydrogen) atoms. The summed E-state index contributed by atoms with van der Waals surface area (Å²) in [6.45, 7) is 8.47. The summed E-state index contributed by atoms with van der Waals surface area (Å²) in [7, 11) is 0. The smallest absolute Gasteiger partial charge is 0.303 e. The number of nitrogens with one attached hydrogen (secondary N) is 1. The SMILES string of the molecule is Cc1ccsc1C(C)(C)CNCCCCC(=O)O. The van der Waals surface area contributed by atoms with Gasteiger partial charge in [0.05, 0.1) is 0 Å². The van der Waals surface area contributed by atoms with E-state index in [0.29, 0.717) is 0 Å². The lowest BCUT2D eigenvalue weighted by Crippen LogP contribution is -2.33. The molecule has 0 aliphatic heterocycles. The Morgan fingerprint density at radius 2 is 2.17 bits per heavy atom. The van der Waals surface area contributed by atoms with E-state index in [1.165, 1.54) is 10.4 Å². The van der Waals surface area contributed by atoms with E-state index < -0.39 is 5.97 Å². The second-order valence-electron chi connectivity index (χ2n) is 5.34. The maximum atomic E-state index is 10.4. The molecule has 3 nitrogen and oxygen atoms in total. The van der Waals surface area contributed by atoms with E-state index in [-0.39, 0.29) is 11.8 Å². The van der Waals surface area contributed by atoms with E-state index in [0.717, 1.165) is 25.9 Å². The number of rotatable bonds is 8. The summed E-state index contributed by atoms with van der Waals surface area (Å²) < 4.78 is 0. The van der Waals surface area contributed by atoms with Gasteiger partial charge in [-0.2, -0.15) is 0 Å². The molecule has 0 aliphatic rings. The van der Waals surface area contributed by atoms with Crippen LogP contribution in [0, 0.1) is 6.92 Å². The lowest BCUT2D eigenvalue weighted by atomic mass is 9.89. The van der Waals surface area contributed by atoms with E-state index in [1.807, 2.05) is 11.3 Å². The van der Waals surface area contributed by atoms with Crippen LogP contribution in [0.5, 0.6) is 0 Å². The second-order valence-corrected chi connectivity index (χ2v) is 6.26. The van der Waals surface area contributed by atoms with Crippen LogP contribution in [0.2, 0.25) is 0 Å². The molecular formula is C14H23NO2S. The fourth-order valence-electron chi connectivity index (χ4n) is 2.07. The first-order valence-electron chi connectivity index (χ1n) is 6.40. The highest BCUT2D eigenvalue weighted by Crippen LogP contribution is 2.30. The zero-order chi connectivity index (χ0) is 13.6. The maximum absolute atomic E-state index is 10.4. The topological polar surface area (TPSA) is 49.3 Å². The number of thiophene rings is 1. The molecule has 1 aromatic rings. The second kappa shape index (κ2) is 6.90. The Kier molecular flexibility index (Phi) is 5.82. The third-order valence-electron chi connectivity index (χ3n) is 3.04. The average Bonchev–Trinajstić information content (AvgIpc) is 2.70. The van der Waals surface area contributed by atoms with E-state index in [9.17, 15) is 4.79 Å². The molecule has 4 heteroatoms. The summed E-state index contributed by atoms with van der Waals surface area (Å²) in [6.07, 6.45) is 1.95. The number of aliphatic carboxylic acids is 1. The van der Waals surface area contributed by atoms with Crippen molar-refractivity contribution in [2.75, 3.05) is 13.1 Å². The van der Waals surface area contributed by atoms with Gasteiger partial charge < -0.3 is 10.4 Å². The van der Waals surface area contributed by atoms with E-state index >= 15 is 0 Å². The Bertz CT molecular complexity index is 385. The molecule has 0 amide bonds. The van der Waals surface area contributed by atoms with E-state index in [4.69, 9.17) is 5.11 Å². The van der Waals surface area contributed by atoms with Crippen molar-refractivity contribution in [3.05, 3.63) is 21.9 Å². The van der Waals surface area contributed by atoms with Gasteiger partial charge in [0.1, 0.15) is 0 Å². The van der Waals surface area contributed by atoms with Crippen LogP contribution in [-0.4, -0.2) is 24.2 Å². The third kappa shape index (κ3) is 4.78. The van der Waals surface area contributed by atoms with E-state index in [1.54, 1.807) is 0 Å². The minimum Gasteiger partial charge on any atom is -0.481 e. The van der Waals surface area contributed by atoms with Crippen molar-refractivity contribution in [2.45, 2.75) is 45.4 Å². The standard InChI is InChI=1S/C14H23NO2S/c1-11-7-9-18-13(11)14(2,3)10-15-8-5-4-6-12(16)17/h7,9,15H,4-6,8,10H2,1-3H3,(H,16,17). The van der Waals surface area contributed by atoms with Gasteiger partial charge in [-0.3, -0.25) is 4.79 Å².